The third-order valence-electron chi connectivity index (χ3n) is 6.40. The molecule has 2 amide bonds. The minimum absolute atomic E-state index is 0.0264. The summed E-state index contributed by atoms with van der Waals surface area (Å²) in [5.74, 6) is 0.721. The van der Waals surface area contributed by atoms with Gasteiger partial charge in [-0.3, -0.25) is 9.59 Å². The quantitative estimate of drug-likeness (QED) is 0.283. The average molecular weight is 521 g/mol. The van der Waals surface area contributed by atoms with Gasteiger partial charge in [-0.15, -0.1) is 0 Å². The third kappa shape index (κ3) is 8.91. The van der Waals surface area contributed by atoms with Crippen LogP contribution in [0.3, 0.4) is 0 Å². The summed E-state index contributed by atoms with van der Waals surface area (Å²) in [6, 6.07) is 22.2. The standard InChI is InChI=1S/C31H37FN2O4/c1-4-23(2)33-31(36)29(21-24-9-6-5-7-10-24)34(22-25-12-14-26(32)15-13-25)30(35)11-8-20-38-28-18-16-27(37-3)17-19-28/h5-7,9-10,12-19,23,29H,4,8,11,20-22H2,1-3H3,(H,33,36)/t23-,29+/m1/s1. The second-order valence-electron chi connectivity index (χ2n) is 9.30. The molecule has 38 heavy (non-hydrogen) atoms. The first-order valence-corrected chi connectivity index (χ1v) is 13.0. The number of hydrogen-bond acceptors (Lipinski definition) is 4. The zero-order valence-corrected chi connectivity index (χ0v) is 22.4. The lowest BCUT2D eigenvalue weighted by atomic mass is 10.0. The van der Waals surface area contributed by atoms with Crippen LogP contribution in [0.25, 0.3) is 0 Å². The Morgan fingerprint density at radius 3 is 2.21 bits per heavy atom. The van der Waals surface area contributed by atoms with Gasteiger partial charge in [0, 0.05) is 25.4 Å². The summed E-state index contributed by atoms with van der Waals surface area (Å²) in [6.07, 6.45) is 1.84. The van der Waals surface area contributed by atoms with E-state index in [0.29, 0.717) is 25.2 Å². The van der Waals surface area contributed by atoms with Gasteiger partial charge in [0.2, 0.25) is 11.8 Å². The Kier molecular flexibility index (Phi) is 11.1. The minimum atomic E-state index is -0.716. The molecular formula is C31H37FN2O4. The predicted octanol–water partition coefficient (Wildman–Crippen LogP) is 5.55. The summed E-state index contributed by atoms with van der Waals surface area (Å²) >= 11 is 0. The molecule has 2 atom stereocenters. The molecule has 0 spiro atoms. The van der Waals surface area contributed by atoms with E-state index < -0.39 is 6.04 Å². The van der Waals surface area contributed by atoms with Crippen LogP contribution in [0, 0.1) is 5.82 Å². The van der Waals surface area contributed by atoms with Gasteiger partial charge >= 0.3 is 0 Å². The van der Waals surface area contributed by atoms with Crippen molar-refractivity contribution in [2.45, 2.75) is 58.2 Å². The molecule has 0 aliphatic rings. The maximum atomic E-state index is 13.6. The highest BCUT2D eigenvalue weighted by molar-refractivity contribution is 5.88. The van der Waals surface area contributed by atoms with Gasteiger partial charge in [0.05, 0.1) is 13.7 Å². The predicted molar refractivity (Wildman–Crippen MR) is 147 cm³/mol. The molecule has 6 nitrogen and oxygen atoms in total. The highest BCUT2D eigenvalue weighted by Crippen LogP contribution is 2.19. The van der Waals surface area contributed by atoms with Gasteiger partial charge in [-0.1, -0.05) is 49.4 Å². The maximum absolute atomic E-state index is 13.6. The molecule has 3 rings (SSSR count). The van der Waals surface area contributed by atoms with Crippen molar-refractivity contribution in [2.24, 2.45) is 0 Å². The number of amides is 2. The van der Waals surface area contributed by atoms with E-state index in [2.05, 4.69) is 5.32 Å². The van der Waals surface area contributed by atoms with Crippen molar-refractivity contribution in [3.63, 3.8) is 0 Å². The second-order valence-corrected chi connectivity index (χ2v) is 9.30. The van der Waals surface area contributed by atoms with Crippen LogP contribution in [0.5, 0.6) is 11.5 Å². The molecule has 202 valence electrons. The zero-order chi connectivity index (χ0) is 27.3. The maximum Gasteiger partial charge on any atom is 0.243 e. The van der Waals surface area contributed by atoms with E-state index in [1.54, 1.807) is 24.1 Å². The fourth-order valence-electron chi connectivity index (χ4n) is 4.01. The molecule has 0 saturated heterocycles. The van der Waals surface area contributed by atoms with Crippen molar-refractivity contribution in [3.05, 3.63) is 95.8 Å². The highest BCUT2D eigenvalue weighted by Gasteiger charge is 2.30. The third-order valence-corrected chi connectivity index (χ3v) is 6.40. The molecule has 0 aliphatic carbocycles. The van der Waals surface area contributed by atoms with Gasteiger partial charge in [-0.05, 0) is 67.3 Å². The fourth-order valence-corrected chi connectivity index (χ4v) is 4.01. The van der Waals surface area contributed by atoms with Crippen LogP contribution in [-0.4, -0.2) is 42.5 Å². The number of rotatable bonds is 14. The Labute approximate surface area is 224 Å². The molecule has 7 heteroatoms. The molecule has 0 heterocycles. The number of carbonyl (C=O) groups excluding carboxylic acids is 2. The van der Waals surface area contributed by atoms with E-state index in [0.717, 1.165) is 23.3 Å². The number of ether oxygens (including phenoxy) is 2. The molecular weight excluding hydrogens is 483 g/mol. The number of nitrogens with zero attached hydrogens (tertiary/aromatic N) is 1. The van der Waals surface area contributed by atoms with E-state index in [-0.39, 0.29) is 36.6 Å². The molecule has 0 bridgehead atoms. The number of nitrogens with one attached hydrogen (secondary N) is 1. The summed E-state index contributed by atoms with van der Waals surface area (Å²) in [5.41, 5.74) is 1.71. The summed E-state index contributed by atoms with van der Waals surface area (Å²) in [7, 11) is 1.60. The van der Waals surface area contributed by atoms with Gasteiger partial charge in [-0.2, -0.15) is 0 Å². The lowest BCUT2D eigenvalue weighted by Gasteiger charge is -2.32. The Morgan fingerprint density at radius 2 is 1.58 bits per heavy atom. The summed E-state index contributed by atoms with van der Waals surface area (Å²) < 4.78 is 24.5. The van der Waals surface area contributed by atoms with Crippen molar-refractivity contribution in [1.82, 2.24) is 10.2 Å². The van der Waals surface area contributed by atoms with Crippen molar-refractivity contribution >= 4 is 11.8 Å². The number of halogens is 1. The van der Waals surface area contributed by atoms with E-state index >= 15 is 0 Å². The lowest BCUT2D eigenvalue weighted by molar-refractivity contribution is -0.141. The first-order valence-electron chi connectivity index (χ1n) is 13.0. The molecule has 0 unspecified atom stereocenters. The lowest BCUT2D eigenvalue weighted by Crippen LogP contribution is -2.52. The molecule has 0 fully saturated rings. The average Bonchev–Trinajstić information content (AvgIpc) is 2.94. The van der Waals surface area contributed by atoms with E-state index in [4.69, 9.17) is 9.47 Å². The van der Waals surface area contributed by atoms with Crippen LogP contribution >= 0.6 is 0 Å². The van der Waals surface area contributed by atoms with Gasteiger partial charge < -0.3 is 19.7 Å². The Balaban J connectivity index is 1.77. The molecule has 0 radical (unpaired) electrons. The van der Waals surface area contributed by atoms with E-state index in [1.165, 1.54) is 12.1 Å². The SMILES string of the molecule is CC[C@@H](C)NC(=O)[C@H](Cc1ccccc1)N(Cc1ccc(F)cc1)C(=O)CCCOc1ccc(OC)cc1. The number of benzene rings is 3. The first kappa shape index (κ1) is 28.7. The minimum Gasteiger partial charge on any atom is -0.497 e. The van der Waals surface area contributed by atoms with Crippen LogP contribution in [0.15, 0.2) is 78.9 Å². The largest absolute Gasteiger partial charge is 0.497 e. The monoisotopic (exact) mass is 520 g/mol. The van der Waals surface area contributed by atoms with Gasteiger partial charge in [-0.25, -0.2) is 4.39 Å². The van der Waals surface area contributed by atoms with Crippen molar-refractivity contribution in [3.8, 4) is 11.5 Å². The first-order chi connectivity index (χ1) is 18.4. The van der Waals surface area contributed by atoms with Gasteiger partial charge in [0.15, 0.2) is 0 Å². The van der Waals surface area contributed by atoms with Crippen LogP contribution < -0.4 is 14.8 Å². The van der Waals surface area contributed by atoms with Crippen LogP contribution in [0.2, 0.25) is 0 Å². The molecule has 3 aromatic carbocycles. The van der Waals surface area contributed by atoms with Crippen LogP contribution in [0.1, 0.15) is 44.2 Å². The van der Waals surface area contributed by atoms with Gasteiger partial charge in [0.1, 0.15) is 23.4 Å². The number of carbonyl (C=O) groups is 2. The number of methoxy groups -OCH3 is 1. The summed E-state index contributed by atoms with van der Waals surface area (Å²) in [5, 5.41) is 3.05. The van der Waals surface area contributed by atoms with Crippen molar-refractivity contribution in [1.29, 1.82) is 0 Å². The topological polar surface area (TPSA) is 67.9 Å². The number of hydrogen-bond donors (Lipinski definition) is 1. The van der Waals surface area contributed by atoms with Crippen LogP contribution in [0.4, 0.5) is 4.39 Å². The molecule has 3 aromatic rings. The highest BCUT2D eigenvalue weighted by atomic mass is 19.1. The zero-order valence-electron chi connectivity index (χ0n) is 22.4. The Bertz CT molecular complexity index is 1140. The molecule has 0 aliphatic heterocycles. The second kappa shape index (κ2) is 14.8. The summed E-state index contributed by atoms with van der Waals surface area (Å²) in [4.78, 5) is 28.7. The van der Waals surface area contributed by atoms with E-state index in [1.807, 2.05) is 68.4 Å². The molecule has 1 N–H and O–H groups in total. The molecule has 0 saturated carbocycles. The van der Waals surface area contributed by atoms with Gasteiger partial charge in [0.25, 0.3) is 0 Å². The van der Waals surface area contributed by atoms with Crippen molar-refractivity contribution < 1.29 is 23.5 Å². The Hall–Kier alpha value is -3.87. The van der Waals surface area contributed by atoms with Crippen molar-refractivity contribution in [2.75, 3.05) is 13.7 Å². The smallest absolute Gasteiger partial charge is 0.243 e. The normalized spacial score (nSPS) is 12.3. The van der Waals surface area contributed by atoms with E-state index in [9.17, 15) is 14.0 Å². The summed E-state index contributed by atoms with van der Waals surface area (Å²) in [6.45, 7) is 4.50. The molecule has 0 aromatic heterocycles. The Morgan fingerprint density at radius 1 is 0.921 bits per heavy atom. The van der Waals surface area contributed by atoms with Crippen LogP contribution in [-0.2, 0) is 22.6 Å². The fraction of sp³-hybridized carbons (Fsp3) is 0.355.